The van der Waals surface area contributed by atoms with E-state index in [1.165, 1.54) is 24.0 Å². The first-order chi connectivity index (χ1) is 13.4. The molecule has 0 saturated carbocycles. The molecule has 1 aromatic heterocycles. The lowest BCUT2D eigenvalue weighted by Crippen LogP contribution is -2.31. The predicted octanol–water partition coefficient (Wildman–Crippen LogP) is 5.11. The molecule has 0 atom stereocenters. The van der Waals surface area contributed by atoms with E-state index in [1.807, 2.05) is 0 Å². The van der Waals surface area contributed by atoms with Gasteiger partial charge in [-0.25, -0.2) is 9.97 Å². The number of aryl methyl sites for hydroxylation is 1. The van der Waals surface area contributed by atoms with Crippen LogP contribution in [0.25, 0.3) is 0 Å². The molecule has 0 saturated heterocycles. The van der Waals surface area contributed by atoms with Crippen molar-refractivity contribution in [3.63, 3.8) is 0 Å². The molecular weight excluding hydrogens is 365 g/mol. The van der Waals surface area contributed by atoms with Gasteiger partial charge in [-0.05, 0) is 49.7 Å². The molecule has 0 amide bonds. The molecule has 7 heteroatoms. The van der Waals surface area contributed by atoms with Gasteiger partial charge in [-0.1, -0.05) is 17.7 Å². The summed E-state index contributed by atoms with van der Waals surface area (Å²) >= 11 is 0. The van der Waals surface area contributed by atoms with Crippen molar-refractivity contribution in [2.75, 3.05) is 16.8 Å². The molecule has 0 spiro atoms. The van der Waals surface area contributed by atoms with Gasteiger partial charge in [0.2, 0.25) is 0 Å². The van der Waals surface area contributed by atoms with E-state index in [0.29, 0.717) is 18.1 Å². The van der Waals surface area contributed by atoms with Crippen molar-refractivity contribution in [3.05, 3.63) is 77.2 Å². The zero-order valence-electron chi connectivity index (χ0n) is 15.3. The summed E-state index contributed by atoms with van der Waals surface area (Å²) in [7, 11) is 0. The summed E-state index contributed by atoms with van der Waals surface area (Å²) in [6, 6.07) is 13.3. The number of rotatable bonds is 3. The summed E-state index contributed by atoms with van der Waals surface area (Å²) in [6.07, 6.45) is -2.09. The second-order valence-electron chi connectivity index (χ2n) is 6.85. The summed E-state index contributed by atoms with van der Waals surface area (Å²) in [5.74, 6) is 0.647. The van der Waals surface area contributed by atoms with Crippen LogP contribution in [0.4, 0.5) is 30.4 Å². The minimum absolute atomic E-state index is 0.565. The van der Waals surface area contributed by atoms with Gasteiger partial charge in [0.15, 0.2) is 0 Å². The van der Waals surface area contributed by atoms with E-state index in [2.05, 4.69) is 51.4 Å². The second-order valence-corrected chi connectivity index (χ2v) is 6.85. The van der Waals surface area contributed by atoms with E-state index in [-0.39, 0.29) is 0 Å². The van der Waals surface area contributed by atoms with Crippen LogP contribution in [0.2, 0.25) is 0 Å². The van der Waals surface area contributed by atoms with Gasteiger partial charge in [-0.2, -0.15) is 13.2 Å². The molecule has 144 valence electrons. The van der Waals surface area contributed by atoms with Crippen LogP contribution >= 0.6 is 0 Å². The molecule has 0 radical (unpaired) electrons. The predicted molar refractivity (Wildman–Crippen MR) is 103 cm³/mol. The van der Waals surface area contributed by atoms with Gasteiger partial charge < -0.3 is 10.2 Å². The second kappa shape index (κ2) is 7.14. The van der Waals surface area contributed by atoms with E-state index < -0.39 is 11.7 Å². The van der Waals surface area contributed by atoms with Gasteiger partial charge >= 0.3 is 6.18 Å². The van der Waals surface area contributed by atoms with Crippen molar-refractivity contribution in [2.45, 2.75) is 26.1 Å². The Hall–Kier alpha value is -3.09. The van der Waals surface area contributed by atoms with Crippen molar-refractivity contribution in [1.82, 2.24) is 9.97 Å². The van der Waals surface area contributed by atoms with E-state index in [0.717, 1.165) is 42.0 Å². The van der Waals surface area contributed by atoms with Gasteiger partial charge in [-0.3, -0.25) is 0 Å². The molecule has 1 N–H and O–H groups in total. The molecule has 2 aromatic carbocycles. The van der Waals surface area contributed by atoms with Gasteiger partial charge in [0.25, 0.3) is 0 Å². The fraction of sp³-hybridized carbons (Fsp3) is 0.238. The number of benzene rings is 2. The van der Waals surface area contributed by atoms with Crippen molar-refractivity contribution in [1.29, 1.82) is 0 Å². The van der Waals surface area contributed by atoms with Gasteiger partial charge in [0, 0.05) is 23.5 Å². The lowest BCUT2D eigenvalue weighted by Gasteiger charge is -2.30. The molecule has 28 heavy (non-hydrogen) atoms. The van der Waals surface area contributed by atoms with Gasteiger partial charge in [-0.15, -0.1) is 0 Å². The quantitative estimate of drug-likeness (QED) is 0.681. The molecule has 1 aliphatic rings. The van der Waals surface area contributed by atoms with Crippen LogP contribution in [-0.4, -0.2) is 16.5 Å². The number of alkyl halides is 3. The summed E-state index contributed by atoms with van der Waals surface area (Å²) in [5, 5.41) is 3.14. The van der Waals surface area contributed by atoms with Crippen LogP contribution in [0.5, 0.6) is 0 Å². The van der Waals surface area contributed by atoms with Crippen LogP contribution in [-0.2, 0) is 19.1 Å². The number of halogens is 3. The number of fused-ring (bicyclic) bond motifs is 1. The normalized spacial score (nSPS) is 13.9. The monoisotopic (exact) mass is 384 g/mol. The van der Waals surface area contributed by atoms with Gasteiger partial charge in [0.1, 0.15) is 12.1 Å². The van der Waals surface area contributed by atoms with Crippen molar-refractivity contribution in [3.8, 4) is 0 Å². The third kappa shape index (κ3) is 3.78. The zero-order valence-corrected chi connectivity index (χ0v) is 15.3. The van der Waals surface area contributed by atoms with Crippen LogP contribution in [0.15, 0.2) is 54.9 Å². The topological polar surface area (TPSA) is 41.1 Å². The minimum atomic E-state index is -4.34. The Kier molecular flexibility index (Phi) is 4.66. The number of hydrogen-bond acceptors (Lipinski definition) is 4. The Morgan fingerprint density at radius 2 is 1.68 bits per heavy atom. The molecule has 0 unspecified atom stereocenters. The molecule has 3 aromatic rings. The Bertz CT molecular complexity index is 966. The minimum Gasteiger partial charge on any atom is -0.365 e. The van der Waals surface area contributed by atoms with Crippen molar-refractivity contribution in [2.24, 2.45) is 0 Å². The van der Waals surface area contributed by atoms with E-state index in [9.17, 15) is 13.2 Å². The molecule has 0 fully saturated rings. The lowest BCUT2D eigenvalue weighted by molar-refractivity contribution is -0.137. The smallest absolute Gasteiger partial charge is 0.365 e. The summed E-state index contributed by atoms with van der Waals surface area (Å²) in [6.45, 7) is 3.55. The Morgan fingerprint density at radius 1 is 0.964 bits per heavy atom. The summed E-state index contributed by atoms with van der Waals surface area (Å²) in [4.78, 5) is 11.0. The van der Waals surface area contributed by atoms with E-state index in [4.69, 9.17) is 0 Å². The fourth-order valence-electron chi connectivity index (χ4n) is 3.32. The first kappa shape index (κ1) is 18.3. The number of hydrogen-bond donors (Lipinski definition) is 1. The highest BCUT2D eigenvalue weighted by Gasteiger charge is 2.30. The zero-order chi connectivity index (χ0) is 19.7. The van der Waals surface area contributed by atoms with E-state index in [1.54, 1.807) is 0 Å². The highest BCUT2D eigenvalue weighted by atomic mass is 19.4. The average molecular weight is 384 g/mol. The largest absolute Gasteiger partial charge is 0.416 e. The Labute approximate surface area is 161 Å². The number of anilines is 3. The number of aromatic nitrogens is 2. The molecule has 0 aliphatic carbocycles. The number of nitrogens with zero attached hydrogens (tertiary/aromatic N) is 3. The molecule has 4 rings (SSSR count). The van der Waals surface area contributed by atoms with Gasteiger partial charge in [0.05, 0.1) is 17.8 Å². The highest BCUT2D eigenvalue weighted by molar-refractivity contribution is 5.62. The first-order valence-electron chi connectivity index (χ1n) is 8.99. The Balaban J connectivity index is 1.54. The first-order valence-corrected chi connectivity index (χ1v) is 8.99. The third-order valence-electron chi connectivity index (χ3n) is 4.88. The molecular formula is C21H19F3N4. The summed E-state index contributed by atoms with van der Waals surface area (Å²) < 4.78 is 38.2. The Morgan fingerprint density at radius 3 is 2.36 bits per heavy atom. The molecule has 4 nitrogen and oxygen atoms in total. The van der Waals surface area contributed by atoms with Crippen LogP contribution in [0, 0.1) is 6.92 Å². The fourth-order valence-corrected chi connectivity index (χ4v) is 3.32. The van der Waals surface area contributed by atoms with Crippen LogP contribution in [0.1, 0.15) is 22.4 Å². The maximum Gasteiger partial charge on any atom is 0.416 e. The standard InChI is InChI=1S/C21H19F3N4/c1-14-2-8-17(9-3-14)28-11-10-18-19(12-28)25-13-26-20(18)27-16-6-4-15(5-7-16)21(22,23)24/h2-9,13H,10-12H2,1H3,(H,25,26,27). The van der Waals surface area contributed by atoms with Crippen molar-refractivity contribution < 1.29 is 13.2 Å². The van der Waals surface area contributed by atoms with Crippen LogP contribution in [0.3, 0.4) is 0 Å². The van der Waals surface area contributed by atoms with Crippen molar-refractivity contribution >= 4 is 17.2 Å². The molecule has 1 aliphatic heterocycles. The average Bonchev–Trinajstić information content (AvgIpc) is 2.68. The SMILES string of the molecule is Cc1ccc(N2CCc3c(ncnc3Nc3ccc(C(F)(F)F)cc3)C2)cc1. The summed E-state index contributed by atoms with van der Waals surface area (Å²) in [5.41, 5.74) is 4.19. The number of nitrogens with one attached hydrogen (secondary N) is 1. The third-order valence-corrected chi connectivity index (χ3v) is 4.88. The maximum absolute atomic E-state index is 12.7. The molecule has 0 bridgehead atoms. The molecule has 2 heterocycles. The van der Waals surface area contributed by atoms with Crippen LogP contribution < -0.4 is 10.2 Å². The van der Waals surface area contributed by atoms with E-state index >= 15 is 0 Å². The highest BCUT2D eigenvalue weighted by Crippen LogP contribution is 2.31. The maximum atomic E-state index is 12.7. The lowest BCUT2D eigenvalue weighted by atomic mass is 10.0.